The number of carbonyl (C=O) groups is 1. The molecule has 2 saturated carbocycles. The van der Waals surface area contributed by atoms with E-state index in [1.54, 1.807) is 6.07 Å². The van der Waals surface area contributed by atoms with Gasteiger partial charge in [-0.15, -0.1) is 0 Å². The zero-order chi connectivity index (χ0) is 34.2. The van der Waals surface area contributed by atoms with Gasteiger partial charge in [-0.2, -0.15) is 0 Å². The highest BCUT2D eigenvalue weighted by atomic mass is 19.1. The van der Waals surface area contributed by atoms with E-state index in [0.717, 1.165) is 48.3 Å². The summed E-state index contributed by atoms with van der Waals surface area (Å²) in [5.74, 6) is -0.613. The number of aromatic nitrogens is 3. The molecule has 11 heteroatoms. The molecule has 0 bridgehead atoms. The summed E-state index contributed by atoms with van der Waals surface area (Å²) in [6.45, 7) is 5.62. The predicted octanol–water partition coefficient (Wildman–Crippen LogP) is 4.25. The van der Waals surface area contributed by atoms with Gasteiger partial charge in [0.25, 0.3) is 5.56 Å². The molecule has 0 unspecified atom stereocenters. The van der Waals surface area contributed by atoms with E-state index in [0.29, 0.717) is 44.0 Å². The molecule has 6 rings (SSSR count). The largest absolute Gasteiger partial charge is 0.395 e. The maximum Gasteiger partial charge on any atom is 0.337 e. The summed E-state index contributed by atoms with van der Waals surface area (Å²) in [4.78, 5) is 49.5. The van der Waals surface area contributed by atoms with E-state index in [4.69, 9.17) is 0 Å². The maximum absolute atomic E-state index is 14.5. The maximum atomic E-state index is 14.5. The molecule has 0 radical (unpaired) electrons. The van der Waals surface area contributed by atoms with Gasteiger partial charge < -0.3 is 10.4 Å². The Morgan fingerprint density at radius 2 is 1.75 bits per heavy atom. The number of hydrogen-bond donors (Lipinski definition) is 2. The van der Waals surface area contributed by atoms with Crippen LogP contribution in [0, 0.1) is 5.82 Å². The van der Waals surface area contributed by atoms with Crippen LogP contribution in [0.15, 0.2) is 70.4 Å². The number of aliphatic hydroxyl groups is 1. The Morgan fingerprint density at radius 3 is 2.38 bits per heavy atom. The molecule has 1 amide bonds. The Kier molecular flexibility index (Phi) is 9.64. The number of likely N-dealkylation sites (N-methyl/N-ethyl adjacent to an activating group) is 1. The van der Waals surface area contributed by atoms with E-state index in [1.165, 1.54) is 9.13 Å². The summed E-state index contributed by atoms with van der Waals surface area (Å²) < 4.78 is 17.2. The number of hydrogen-bond acceptors (Lipinski definition) is 7. The van der Waals surface area contributed by atoms with Crippen molar-refractivity contribution < 1.29 is 14.3 Å². The van der Waals surface area contributed by atoms with Crippen LogP contribution in [0.25, 0.3) is 27.8 Å². The molecule has 254 valence electrons. The van der Waals surface area contributed by atoms with Crippen molar-refractivity contribution in [1.29, 1.82) is 0 Å². The molecule has 0 aliphatic heterocycles. The van der Waals surface area contributed by atoms with E-state index < -0.39 is 28.6 Å². The summed E-state index contributed by atoms with van der Waals surface area (Å²) in [7, 11) is 3.85. The van der Waals surface area contributed by atoms with Crippen molar-refractivity contribution in [2.45, 2.75) is 82.6 Å². The number of halogens is 1. The van der Waals surface area contributed by atoms with Gasteiger partial charge in [0, 0.05) is 31.2 Å². The van der Waals surface area contributed by atoms with E-state index >= 15 is 0 Å². The van der Waals surface area contributed by atoms with E-state index in [2.05, 4.69) is 41.2 Å². The summed E-state index contributed by atoms with van der Waals surface area (Å²) >= 11 is 0. The first-order valence-electron chi connectivity index (χ1n) is 16.9. The smallest absolute Gasteiger partial charge is 0.337 e. The first-order chi connectivity index (χ1) is 23.0. The Morgan fingerprint density at radius 1 is 1.04 bits per heavy atom. The van der Waals surface area contributed by atoms with Crippen molar-refractivity contribution in [1.82, 2.24) is 29.2 Å². The quantitative estimate of drug-likeness (QED) is 0.248. The number of nitrogens with one attached hydrogen (secondary N) is 1. The van der Waals surface area contributed by atoms with Crippen LogP contribution in [0.4, 0.5) is 4.39 Å². The van der Waals surface area contributed by atoms with Crippen LogP contribution in [0.1, 0.15) is 64.0 Å². The highest BCUT2D eigenvalue weighted by molar-refractivity contribution is 5.89. The molecule has 0 atom stereocenters. The number of benzene rings is 2. The van der Waals surface area contributed by atoms with Crippen LogP contribution >= 0.6 is 0 Å². The topological polar surface area (TPSA) is 113 Å². The van der Waals surface area contributed by atoms with Crippen molar-refractivity contribution in [2.24, 2.45) is 0 Å². The predicted molar refractivity (Wildman–Crippen MR) is 185 cm³/mol. The van der Waals surface area contributed by atoms with E-state index in [9.17, 15) is 23.9 Å². The van der Waals surface area contributed by atoms with Gasteiger partial charge in [0.1, 0.15) is 5.82 Å². The molecule has 2 N–H and O–H groups in total. The molecular formula is C37H45FN6O4. The Labute approximate surface area is 279 Å². The monoisotopic (exact) mass is 656 g/mol. The highest BCUT2D eigenvalue weighted by Crippen LogP contribution is 2.41. The minimum Gasteiger partial charge on any atom is -0.395 e. The third-order valence-electron chi connectivity index (χ3n) is 10.2. The van der Waals surface area contributed by atoms with Crippen LogP contribution < -0.4 is 16.6 Å². The SMILES string of the molecule is CC(C)N(CCO)Cc1ccc(-c2cccc(-n3c(=O)n([C@H]4CC[C@@H](NC(=O)C5(N(C)C)CC5)CC4)c(=O)c4cc(F)cnc43)c2)cc1. The first-order valence-corrected chi connectivity index (χ1v) is 16.9. The average Bonchev–Trinajstić information content (AvgIpc) is 3.89. The van der Waals surface area contributed by atoms with Crippen molar-refractivity contribution in [2.75, 3.05) is 27.2 Å². The lowest BCUT2D eigenvalue weighted by atomic mass is 9.90. The number of carbonyl (C=O) groups excluding carboxylic acids is 1. The zero-order valence-corrected chi connectivity index (χ0v) is 28.2. The van der Waals surface area contributed by atoms with E-state index in [1.807, 2.05) is 49.3 Å². The van der Waals surface area contributed by atoms with Crippen LogP contribution in [-0.4, -0.2) is 79.8 Å². The van der Waals surface area contributed by atoms with Crippen LogP contribution in [0.2, 0.25) is 0 Å². The number of rotatable bonds is 11. The number of pyridine rings is 1. The first kappa shape index (κ1) is 33.7. The number of amides is 1. The summed E-state index contributed by atoms with van der Waals surface area (Å²) in [5.41, 5.74) is 2.07. The van der Waals surface area contributed by atoms with Crippen molar-refractivity contribution >= 4 is 16.9 Å². The second-order valence-electron chi connectivity index (χ2n) is 13.8. The highest BCUT2D eigenvalue weighted by Gasteiger charge is 2.52. The van der Waals surface area contributed by atoms with E-state index in [-0.39, 0.29) is 29.6 Å². The number of nitrogens with zero attached hydrogens (tertiary/aromatic N) is 5. The van der Waals surface area contributed by atoms with Crippen molar-refractivity contribution in [3.8, 4) is 16.8 Å². The Hall–Kier alpha value is -4.19. The number of aliphatic hydroxyl groups excluding tert-OH is 1. The minimum absolute atomic E-state index is 0.0325. The minimum atomic E-state index is -0.651. The van der Waals surface area contributed by atoms with Gasteiger partial charge in [-0.1, -0.05) is 36.4 Å². The third kappa shape index (κ3) is 6.59. The molecule has 2 aliphatic carbocycles. The van der Waals surface area contributed by atoms with Crippen LogP contribution in [0.5, 0.6) is 0 Å². The van der Waals surface area contributed by atoms with Gasteiger partial charge in [-0.3, -0.25) is 24.0 Å². The summed E-state index contributed by atoms with van der Waals surface area (Å²) in [6.07, 6.45) is 5.03. The van der Waals surface area contributed by atoms with Gasteiger partial charge in [0.15, 0.2) is 5.65 Å². The average molecular weight is 657 g/mol. The third-order valence-corrected chi connectivity index (χ3v) is 10.2. The van der Waals surface area contributed by atoms with Gasteiger partial charge in [0.2, 0.25) is 5.91 Å². The van der Waals surface area contributed by atoms with Gasteiger partial charge in [-0.25, -0.2) is 18.7 Å². The molecule has 0 saturated heterocycles. The number of fused-ring (bicyclic) bond motifs is 1. The normalized spacial score (nSPS) is 18.9. The second kappa shape index (κ2) is 13.7. The van der Waals surface area contributed by atoms with Crippen molar-refractivity contribution in [3.63, 3.8) is 0 Å². The van der Waals surface area contributed by atoms with Gasteiger partial charge in [0.05, 0.1) is 29.4 Å². The summed E-state index contributed by atoms with van der Waals surface area (Å²) in [6, 6.07) is 16.7. The zero-order valence-electron chi connectivity index (χ0n) is 28.2. The molecule has 2 aromatic heterocycles. The fourth-order valence-electron chi connectivity index (χ4n) is 7.04. The molecule has 2 aliphatic rings. The molecule has 2 aromatic carbocycles. The van der Waals surface area contributed by atoms with Crippen LogP contribution in [0.3, 0.4) is 0 Å². The molecule has 4 aromatic rings. The standard InChI is InChI=1S/C37H45FN6O4/c1-24(2)42(18-19-45)23-25-8-10-26(11-9-25)27-6-5-7-31(20-27)43-33-32(21-28(38)22-39-33)34(46)44(36(43)48)30-14-12-29(13-15-30)40-35(47)37(16-17-37)41(3)4/h5-11,20-22,24,29-30,45H,12-19,23H2,1-4H3,(H,40,47)/t29-,30+. The lowest BCUT2D eigenvalue weighted by molar-refractivity contribution is -0.128. The van der Waals surface area contributed by atoms with Gasteiger partial charge in [-0.05, 0) is 101 Å². The molecular weight excluding hydrogens is 611 g/mol. The van der Waals surface area contributed by atoms with Crippen molar-refractivity contribution in [3.05, 3.63) is 93.0 Å². The van der Waals surface area contributed by atoms with Gasteiger partial charge >= 0.3 is 5.69 Å². The fourth-order valence-corrected chi connectivity index (χ4v) is 7.04. The lowest BCUT2D eigenvalue weighted by Crippen LogP contribution is -2.50. The molecule has 48 heavy (non-hydrogen) atoms. The summed E-state index contributed by atoms with van der Waals surface area (Å²) in [5, 5.41) is 12.7. The molecule has 0 spiro atoms. The second-order valence-corrected chi connectivity index (χ2v) is 13.8. The van der Waals surface area contributed by atoms with Crippen LogP contribution in [-0.2, 0) is 11.3 Å². The molecule has 10 nitrogen and oxygen atoms in total. The Bertz CT molecular complexity index is 1910. The Balaban J connectivity index is 1.30. The fraction of sp³-hybridized carbons (Fsp3) is 0.459. The lowest BCUT2D eigenvalue weighted by Gasteiger charge is -2.32. The molecule has 2 heterocycles. The molecule has 2 fully saturated rings.